The molecule has 0 radical (unpaired) electrons. The van der Waals surface area contributed by atoms with Crippen LogP contribution in [0.2, 0.25) is 0 Å². The second-order valence-electron chi connectivity index (χ2n) is 4.79. The molecule has 1 fully saturated rings. The zero-order valence-corrected chi connectivity index (χ0v) is 10.9. The molecule has 1 aliphatic carbocycles. The zero-order chi connectivity index (χ0) is 12.8. The molecule has 0 bridgehead atoms. The highest BCUT2D eigenvalue weighted by atomic mass is 16.5. The van der Waals surface area contributed by atoms with E-state index in [1.165, 1.54) is 12.0 Å². The van der Waals surface area contributed by atoms with Crippen molar-refractivity contribution in [2.75, 3.05) is 13.7 Å². The molecule has 96 valence electrons. The van der Waals surface area contributed by atoms with Crippen molar-refractivity contribution < 1.29 is 4.74 Å². The second-order valence-corrected chi connectivity index (χ2v) is 4.79. The number of hydrogen-bond donors (Lipinski definition) is 1. The van der Waals surface area contributed by atoms with E-state index >= 15 is 0 Å². The minimum Gasteiger partial charge on any atom is -0.496 e. The summed E-state index contributed by atoms with van der Waals surface area (Å²) in [4.78, 5) is 0. The van der Waals surface area contributed by atoms with Gasteiger partial charge in [-0.2, -0.15) is 5.26 Å². The fourth-order valence-corrected chi connectivity index (χ4v) is 2.66. The van der Waals surface area contributed by atoms with E-state index < -0.39 is 0 Å². The van der Waals surface area contributed by atoms with E-state index in [4.69, 9.17) is 10.00 Å². The summed E-state index contributed by atoms with van der Waals surface area (Å²) in [5.41, 5.74) is 1.22. The molecule has 0 heterocycles. The van der Waals surface area contributed by atoms with Gasteiger partial charge in [-0.05, 0) is 37.4 Å². The fourth-order valence-electron chi connectivity index (χ4n) is 2.66. The van der Waals surface area contributed by atoms with E-state index in [1.807, 2.05) is 18.2 Å². The van der Waals surface area contributed by atoms with Crippen LogP contribution in [-0.4, -0.2) is 19.7 Å². The van der Waals surface area contributed by atoms with Gasteiger partial charge in [0.1, 0.15) is 5.75 Å². The Kier molecular flexibility index (Phi) is 4.60. The van der Waals surface area contributed by atoms with Gasteiger partial charge >= 0.3 is 0 Å². The van der Waals surface area contributed by atoms with Crippen molar-refractivity contribution in [1.29, 1.82) is 5.26 Å². The molecular weight excluding hydrogens is 224 g/mol. The minimum absolute atomic E-state index is 0.197. The van der Waals surface area contributed by atoms with Crippen LogP contribution in [0.25, 0.3) is 0 Å². The highest BCUT2D eigenvalue weighted by Crippen LogP contribution is 2.25. The molecule has 2 unspecified atom stereocenters. The molecule has 0 aromatic heterocycles. The molecule has 1 saturated carbocycles. The lowest BCUT2D eigenvalue weighted by Gasteiger charge is -2.16. The molecule has 2 rings (SSSR count). The quantitative estimate of drug-likeness (QED) is 0.865. The summed E-state index contributed by atoms with van der Waals surface area (Å²) in [5, 5.41) is 12.5. The maximum Gasteiger partial charge on any atom is 0.122 e. The molecule has 0 amide bonds. The van der Waals surface area contributed by atoms with Crippen molar-refractivity contribution in [2.24, 2.45) is 5.92 Å². The number of hydrogen-bond acceptors (Lipinski definition) is 3. The van der Waals surface area contributed by atoms with Crippen molar-refractivity contribution in [1.82, 2.24) is 5.32 Å². The van der Waals surface area contributed by atoms with Crippen molar-refractivity contribution in [3.05, 3.63) is 29.8 Å². The van der Waals surface area contributed by atoms with E-state index in [9.17, 15) is 0 Å². The normalized spacial score (nSPS) is 22.7. The van der Waals surface area contributed by atoms with E-state index in [0.29, 0.717) is 6.04 Å². The summed E-state index contributed by atoms with van der Waals surface area (Å²) >= 11 is 0. The largest absolute Gasteiger partial charge is 0.496 e. The summed E-state index contributed by atoms with van der Waals surface area (Å²) in [6, 6.07) is 10.9. The predicted molar refractivity (Wildman–Crippen MR) is 71.4 cm³/mol. The third-order valence-electron chi connectivity index (χ3n) is 3.68. The molecule has 2 atom stereocenters. The Morgan fingerprint density at radius 3 is 3.00 bits per heavy atom. The molecular formula is C15H20N2O. The fraction of sp³-hybridized carbons (Fsp3) is 0.533. The van der Waals surface area contributed by atoms with Crippen LogP contribution in [0.5, 0.6) is 5.75 Å². The number of ether oxygens (including phenoxy) is 1. The molecule has 0 spiro atoms. The van der Waals surface area contributed by atoms with Crippen LogP contribution < -0.4 is 10.1 Å². The number of nitrogens with zero attached hydrogens (tertiary/aromatic N) is 1. The number of methoxy groups -OCH3 is 1. The molecule has 1 aromatic rings. The maximum atomic E-state index is 9.02. The Morgan fingerprint density at radius 2 is 2.22 bits per heavy atom. The van der Waals surface area contributed by atoms with Gasteiger partial charge in [0.25, 0.3) is 0 Å². The standard InChI is InChI=1S/C15H20N2O/c1-18-15-8-3-2-5-12(15)9-10-17-14-7-4-6-13(14)11-16/h2-3,5,8,13-14,17H,4,6-7,9-10H2,1H3. The topological polar surface area (TPSA) is 45.0 Å². The van der Waals surface area contributed by atoms with Gasteiger partial charge in [0.05, 0.1) is 19.1 Å². The molecule has 1 aliphatic rings. The van der Waals surface area contributed by atoms with Gasteiger partial charge in [0, 0.05) is 6.04 Å². The van der Waals surface area contributed by atoms with Gasteiger partial charge in [-0.1, -0.05) is 24.6 Å². The Labute approximate surface area is 109 Å². The number of rotatable bonds is 5. The lowest BCUT2D eigenvalue weighted by Crippen LogP contribution is -2.33. The monoisotopic (exact) mass is 244 g/mol. The van der Waals surface area contributed by atoms with Crippen LogP contribution in [0.15, 0.2) is 24.3 Å². The van der Waals surface area contributed by atoms with E-state index in [0.717, 1.165) is 31.6 Å². The highest BCUT2D eigenvalue weighted by molar-refractivity contribution is 5.33. The summed E-state index contributed by atoms with van der Waals surface area (Å²) in [6.45, 7) is 0.906. The molecule has 0 saturated heterocycles. The van der Waals surface area contributed by atoms with Crippen LogP contribution >= 0.6 is 0 Å². The lowest BCUT2D eigenvalue weighted by atomic mass is 10.1. The molecule has 3 heteroatoms. The van der Waals surface area contributed by atoms with Gasteiger partial charge in [-0.15, -0.1) is 0 Å². The Bertz CT molecular complexity index is 425. The number of para-hydroxylation sites is 1. The first-order valence-corrected chi connectivity index (χ1v) is 6.60. The number of benzene rings is 1. The van der Waals surface area contributed by atoms with Gasteiger partial charge < -0.3 is 10.1 Å². The van der Waals surface area contributed by atoms with Crippen LogP contribution in [0.1, 0.15) is 24.8 Å². The average molecular weight is 244 g/mol. The van der Waals surface area contributed by atoms with Crippen LogP contribution in [0.4, 0.5) is 0 Å². The van der Waals surface area contributed by atoms with Gasteiger partial charge in [0.15, 0.2) is 0 Å². The molecule has 18 heavy (non-hydrogen) atoms. The van der Waals surface area contributed by atoms with E-state index in [-0.39, 0.29) is 5.92 Å². The summed E-state index contributed by atoms with van der Waals surface area (Å²) < 4.78 is 5.33. The molecule has 1 N–H and O–H groups in total. The highest BCUT2D eigenvalue weighted by Gasteiger charge is 2.26. The van der Waals surface area contributed by atoms with Crippen LogP contribution in [0, 0.1) is 17.2 Å². The molecule has 0 aliphatic heterocycles. The van der Waals surface area contributed by atoms with Gasteiger partial charge in [-0.25, -0.2) is 0 Å². The Morgan fingerprint density at radius 1 is 1.39 bits per heavy atom. The zero-order valence-electron chi connectivity index (χ0n) is 10.9. The maximum absolute atomic E-state index is 9.02. The number of nitriles is 1. The van der Waals surface area contributed by atoms with Crippen molar-refractivity contribution >= 4 is 0 Å². The first-order valence-electron chi connectivity index (χ1n) is 6.60. The molecule has 3 nitrogen and oxygen atoms in total. The predicted octanol–water partition coefficient (Wildman–Crippen LogP) is 2.52. The first-order chi connectivity index (χ1) is 8.85. The van der Waals surface area contributed by atoms with Gasteiger partial charge in [-0.3, -0.25) is 0 Å². The van der Waals surface area contributed by atoms with E-state index in [1.54, 1.807) is 7.11 Å². The van der Waals surface area contributed by atoms with Gasteiger partial charge in [0.2, 0.25) is 0 Å². The smallest absolute Gasteiger partial charge is 0.122 e. The minimum atomic E-state index is 0.197. The lowest BCUT2D eigenvalue weighted by molar-refractivity contribution is 0.407. The first kappa shape index (κ1) is 12.9. The Hall–Kier alpha value is -1.53. The van der Waals surface area contributed by atoms with Crippen LogP contribution in [-0.2, 0) is 6.42 Å². The SMILES string of the molecule is COc1ccccc1CCNC1CCCC1C#N. The third kappa shape index (κ3) is 3.02. The molecule has 1 aromatic carbocycles. The summed E-state index contributed by atoms with van der Waals surface area (Å²) in [5.74, 6) is 1.14. The van der Waals surface area contributed by atoms with Crippen molar-refractivity contribution in [2.45, 2.75) is 31.7 Å². The average Bonchev–Trinajstić information content (AvgIpc) is 2.87. The second kappa shape index (κ2) is 6.42. The Balaban J connectivity index is 1.83. The van der Waals surface area contributed by atoms with Crippen molar-refractivity contribution in [3.8, 4) is 11.8 Å². The number of nitrogens with one attached hydrogen (secondary N) is 1. The third-order valence-corrected chi connectivity index (χ3v) is 3.68. The summed E-state index contributed by atoms with van der Waals surface area (Å²) in [6.07, 6.45) is 4.29. The van der Waals surface area contributed by atoms with Crippen LogP contribution in [0.3, 0.4) is 0 Å². The summed E-state index contributed by atoms with van der Waals surface area (Å²) in [7, 11) is 1.70. The van der Waals surface area contributed by atoms with Crippen molar-refractivity contribution in [3.63, 3.8) is 0 Å². The van der Waals surface area contributed by atoms with E-state index in [2.05, 4.69) is 17.5 Å².